The average molecular weight is 193 g/mol. The van der Waals surface area contributed by atoms with Crippen molar-refractivity contribution in [2.24, 2.45) is 5.73 Å². The van der Waals surface area contributed by atoms with Gasteiger partial charge in [-0.25, -0.2) is 0 Å². The third-order valence-corrected chi connectivity index (χ3v) is 0.825. The molecule has 0 aliphatic rings. The number of carbonyl (C=O) groups excluding carboxylic acids is 1. The average Bonchev–Trinajstić information content (AvgIpc) is 1.59. The smallest absolute Gasteiger partial charge is 0.756 e. The first kappa shape index (κ1) is 13.8. The van der Waals surface area contributed by atoms with Crippen LogP contribution < -0.4 is 62.0 Å². The molecule has 0 rings (SSSR count). The van der Waals surface area contributed by atoms with Crippen molar-refractivity contribution >= 4 is 13.7 Å². The van der Waals surface area contributed by atoms with E-state index in [1.54, 1.807) is 0 Å². The molecule has 1 amide bonds. The molecule has 0 bridgehead atoms. The predicted molar refractivity (Wildman–Crippen MR) is 25.0 cm³/mol. The number of carbonyl (C=O) groups is 1. The number of primary amides is 1. The van der Waals surface area contributed by atoms with Crippen molar-refractivity contribution in [1.82, 2.24) is 0 Å². The van der Waals surface area contributed by atoms with Gasteiger partial charge in [0.1, 0.15) is 6.61 Å². The Morgan fingerprint density at radius 3 is 2.30 bits per heavy atom. The first-order valence-corrected chi connectivity index (χ1v) is 3.38. The summed E-state index contributed by atoms with van der Waals surface area (Å²) in [7, 11) is -4.77. The third-order valence-electron chi connectivity index (χ3n) is 0.370. The normalized spacial score (nSPS) is 15.0. The van der Waals surface area contributed by atoms with Crippen LogP contribution in [0.2, 0.25) is 0 Å². The molecule has 3 N–H and O–H groups in total. The Labute approximate surface area is 99.8 Å². The summed E-state index contributed by atoms with van der Waals surface area (Å²) in [6.45, 7) is -0.822. The van der Waals surface area contributed by atoms with E-state index in [9.17, 15) is 14.3 Å². The van der Waals surface area contributed by atoms with Crippen LogP contribution in [-0.2, 0) is 13.9 Å². The maximum Gasteiger partial charge on any atom is 1.00 e. The molecule has 6 nitrogen and oxygen atoms in total. The summed E-state index contributed by atoms with van der Waals surface area (Å²) in [4.78, 5) is 27.3. The van der Waals surface area contributed by atoms with Gasteiger partial charge in [-0.3, -0.25) is 9.36 Å². The van der Waals surface area contributed by atoms with Gasteiger partial charge in [0, 0.05) is 0 Å². The van der Waals surface area contributed by atoms with Crippen LogP contribution in [0.25, 0.3) is 0 Å². The van der Waals surface area contributed by atoms with E-state index >= 15 is 0 Å². The zero-order valence-electron chi connectivity index (χ0n) is 5.31. The van der Waals surface area contributed by atoms with Gasteiger partial charge in [0.2, 0.25) is 5.91 Å². The summed E-state index contributed by atoms with van der Waals surface area (Å²) in [5.74, 6) is -0.958. The van der Waals surface area contributed by atoms with Crippen molar-refractivity contribution in [1.29, 1.82) is 0 Å². The second-order valence-corrected chi connectivity index (χ2v) is 2.40. The number of hydrogen-bond acceptors (Lipinski definition) is 4. The van der Waals surface area contributed by atoms with E-state index in [0.717, 1.165) is 0 Å². The maximum absolute atomic E-state index is 9.77. The Bertz CT molecular complexity index is 154. The van der Waals surface area contributed by atoms with Crippen LogP contribution in [0.3, 0.4) is 0 Å². The Hall–Kier alpha value is 1.22. The molecule has 0 saturated heterocycles. The van der Waals surface area contributed by atoms with Gasteiger partial charge in [0.25, 0.3) is 7.82 Å². The molecule has 0 aromatic carbocycles. The Kier molecular flexibility index (Phi) is 8.01. The summed E-state index contributed by atoms with van der Waals surface area (Å²) < 4.78 is 13.3. The van der Waals surface area contributed by atoms with Crippen LogP contribution in [0, 0.1) is 0 Å². The Balaban J connectivity index is 0. The third kappa shape index (κ3) is 11.9. The standard InChI is InChI=1S/C2H6NO5P.K/c3-2(4)1-8-9(5,6)7;/h1H2,(H2,3,4)(H2,5,6,7);/q;+1/p-1. The van der Waals surface area contributed by atoms with Gasteiger partial charge < -0.3 is 20.0 Å². The van der Waals surface area contributed by atoms with Gasteiger partial charge in [-0.05, 0) is 0 Å². The molecule has 10 heavy (non-hydrogen) atoms. The van der Waals surface area contributed by atoms with E-state index in [2.05, 4.69) is 10.3 Å². The zero-order chi connectivity index (χ0) is 7.49. The molecule has 0 fully saturated rings. The summed E-state index contributed by atoms with van der Waals surface area (Å²) in [6.07, 6.45) is 0. The number of rotatable bonds is 3. The fraction of sp³-hybridized carbons (Fsp3) is 0.500. The van der Waals surface area contributed by atoms with Crippen LogP contribution in [0.4, 0.5) is 0 Å². The molecule has 0 aliphatic carbocycles. The molecule has 1 unspecified atom stereocenters. The van der Waals surface area contributed by atoms with Gasteiger partial charge in [-0.15, -0.1) is 0 Å². The van der Waals surface area contributed by atoms with E-state index in [4.69, 9.17) is 4.89 Å². The minimum atomic E-state index is -4.77. The van der Waals surface area contributed by atoms with E-state index in [1.165, 1.54) is 0 Å². The molecular weight excluding hydrogens is 188 g/mol. The van der Waals surface area contributed by atoms with Gasteiger partial charge in [0.15, 0.2) is 0 Å². The minimum absolute atomic E-state index is 0. The molecule has 0 aromatic heterocycles. The number of phosphoric ester groups is 1. The van der Waals surface area contributed by atoms with Gasteiger partial charge in [0.05, 0.1) is 0 Å². The Morgan fingerprint density at radius 2 is 2.20 bits per heavy atom. The van der Waals surface area contributed by atoms with Gasteiger partial charge >= 0.3 is 51.4 Å². The summed E-state index contributed by atoms with van der Waals surface area (Å²) in [5, 5.41) is 0. The van der Waals surface area contributed by atoms with Crippen LogP contribution in [0.5, 0.6) is 0 Å². The van der Waals surface area contributed by atoms with Crippen LogP contribution in [-0.4, -0.2) is 17.4 Å². The minimum Gasteiger partial charge on any atom is -0.756 e. The van der Waals surface area contributed by atoms with E-state index in [-0.39, 0.29) is 51.4 Å². The molecule has 0 saturated carbocycles. The summed E-state index contributed by atoms with van der Waals surface area (Å²) >= 11 is 0. The number of hydrogen-bond donors (Lipinski definition) is 2. The van der Waals surface area contributed by atoms with Crippen molar-refractivity contribution in [2.45, 2.75) is 0 Å². The van der Waals surface area contributed by atoms with Crippen molar-refractivity contribution in [2.75, 3.05) is 6.61 Å². The largest absolute Gasteiger partial charge is 1.00 e. The van der Waals surface area contributed by atoms with Crippen LogP contribution in [0.1, 0.15) is 0 Å². The first-order chi connectivity index (χ1) is 3.92. The molecule has 0 aromatic rings. The van der Waals surface area contributed by atoms with Crippen LogP contribution >= 0.6 is 7.82 Å². The predicted octanol–water partition coefficient (Wildman–Crippen LogP) is -5.05. The molecule has 8 heteroatoms. The van der Waals surface area contributed by atoms with Crippen molar-refractivity contribution in [3.8, 4) is 0 Å². The fourth-order valence-corrected chi connectivity index (χ4v) is 0.436. The topological polar surface area (TPSA) is 113 Å². The second-order valence-electron chi connectivity index (χ2n) is 1.21. The zero-order valence-corrected chi connectivity index (χ0v) is 9.33. The molecule has 0 radical (unpaired) electrons. The number of amides is 1. The second kappa shape index (κ2) is 5.81. The molecular formula is C2H5KNO5P. The quantitative estimate of drug-likeness (QED) is 0.344. The van der Waals surface area contributed by atoms with Gasteiger partial charge in [-0.1, -0.05) is 0 Å². The van der Waals surface area contributed by atoms with Crippen molar-refractivity contribution in [3.63, 3.8) is 0 Å². The molecule has 0 spiro atoms. The SMILES string of the molecule is NC(=O)COP(=O)([O-])O.[K+]. The molecule has 0 heterocycles. The molecule has 0 aliphatic heterocycles. The number of nitrogens with two attached hydrogens (primary N) is 1. The van der Waals surface area contributed by atoms with E-state index in [0.29, 0.717) is 0 Å². The van der Waals surface area contributed by atoms with E-state index in [1.807, 2.05) is 0 Å². The fourth-order valence-electron chi connectivity index (χ4n) is 0.145. The summed E-state index contributed by atoms with van der Waals surface area (Å²) in [5.41, 5.74) is 4.46. The van der Waals surface area contributed by atoms with Crippen molar-refractivity contribution < 1.29 is 75.1 Å². The van der Waals surface area contributed by atoms with Crippen LogP contribution in [0.15, 0.2) is 0 Å². The monoisotopic (exact) mass is 193 g/mol. The molecule has 54 valence electrons. The maximum atomic E-state index is 9.77. The molecule has 1 atom stereocenters. The Morgan fingerprint density at radius 1 is 1.80 bits per heavy atom. The first-order valence-electron chi connectivity index (χ1n) is 1.88. The number of phosphoric acid groups is 1. The van der Waals surface area contributed by atoms with Gasteiger partial charge in [-0.2, -0.15) is 0 Å². The van der Waals surface area contributed by atoms with Crippen molar-refractivity contribution in [3.05, 3.63) is 0 Å². The summed E-state index contributed by atoms with van der Waals surface area (Å²) in [6, 6.07) is 0. The van der Waals surface area contributed by atoms with E-state index < -0.39 is 20.3 Å².